The van der Waals surface area contributed by atoms with Crippen LogP contribution in [0.3, 0.4) is 0 Å². The van der Waals surface area contributed by atoms with Crippen LogP contribution in [0.15, 0.2) is 0 Å². The van der Waals surface area contributed by atoms with Crippen LogP contribution < -0.4 is 0 Å². The largest absolute Gasteiger partial charge is 0.462 e. The molecule has 0 aromatic rings. The first-order chi connectivity index (χ1) is 10.5. The van der Waals surface area contributed by atoms with Crippen LogP contribution in [0, 0.1) is 11.3 Å². The second-order valence-electron chi connectivity index (χ2n) is 5.34. The number of esters is 1. The molecule has 3 unspecified atom stereocenters. The van der Waals surface area contributed by atoms with Crippen molar-refractivity contribution in [2.75, 3.05) is 26.4 Å². The number of carbonyl (C=O) groups excluding carboxylic acids is 1. The molecule has 128 valence electrons. The highest BCUT2D eigenvalue weighted by molar-refractivity contribution is 5.71. The highest BCUT2D eigenvalue weighted by Gasteiger charge is 2.11. The van der Waals surface area contributed by atoms with Gasteiger partial charge in [-0.2, -0.15) is 5.26 Å². The molecule has 6 nitrogen and oxygen atoms in total. The van der Waals surface area contributed by atoms with Crippen molar-refractivity contribution in [3.8, 4) is 6.07 Å². The summed E-state index contributed by atoms with van der Waals surface area (Å²) in [5.41, 5.74) is 0. The highest BCUT2D eigenvalue weighted by Crippen LogP contribution is 2.02. The van der Waals surface area contributed by atoms with Crippen molar-refractivity contribution in [1.82, 2.24) is 0 Å². The monoisotopic (exact) mass is 315 g/mol. The average Bonchev–Trinajstić information content (AvgIpc) is 2.49. The normalized spacial score (nSPS) is 14.9. The lowest BCUT2D eigenvalue weighted by molar-refractivity contribution is -0.147. The molecule has 0 aliphatic carbocycles. The predicted octanol–water partition coefficient (Wildman–Crippen LogP) is 2.46. The van der Waals surface area contributed by atoms with E-state index in [9.17, 15) is 4.79 Å². The maximum absolute atomic E-state index is 11.0. The van der Waals surface area contributed by atoms with E-state index in [1.165, 1.54) is 0 Å². The minimum absolute atomic E-state index is 0.0607. The summed E-state index contributed by atoms with van der Waals surface area (Å²) in [4.78, 5) is 11.0. The Bertz CT molecular complexity index is 329. The molecule has 22 heavy (non-hydrogen) atoms. The van der Waals surface area contributed by atoms with Gasteiger partial charge in [-0.15, -0.1) is 0 Å². The van der Waals surface area contributed by atoms with Gasteiger partial charge in [0.15, 0.2) is 0 Å². The van der Waals surface area contributed by atoms with Gasteiger partial charge in [-0.05, 0) is 27.2 Å². The third kappa shape index (κ3) is 12.6. The standard InChI is InChI=1S/C16H29NO5/c1-5-6-9-19-13(2)10-20-14(3)11-21-15(4)12-22-16(18)7-8-17/h13-15H,5-7,9-12H2,1-4H3. The van der Waals surface area contributed by atoms with E-state index in [4.69, 9.17) is 24.2 Å². The van der Waals surface area contributed by atoms with Crippen molar-refractivity contribution in [1.29, 1.82) is 5.26 Å². The van der Waals surface area contributed by atoms with Crippen molar-refractivity contribution < 1.29 is 23.7 Å². The lowest BCUT2D eigenvalue weighted by atomic mass is 10.3. The lowest BCUT2D eigenvalue weighted by Gasteiger charge is -2.20. The Labute approximate surface area is 133 Å². The molecule has 0 amide bonds. The zero-order chi connectivity index (χ0) is 16.8. The first kappa shape index (κ1) is 20.8. The van der Waals surface area contributed by atoms with Crippen molar-refractivity contribution in [3.63, 3.8) is 0 Å². The maximum atomic E-state index is 11.0. The predicted molar refractivity (Wildman–Crippen MR) is 82.3 cm³/mol. The highest BCUT2D eigenvalue weighted by atomic mass is 16.6. The van der Waals surface area contributed by atoms with Crippen LogP contribution in [0.1, 0.15) is 47.0 Å². The van der Waals surface area contributed by atoms with Crippen LogP contribution in [0.5, 0.6) is 0 Å². The zero-order valence-electron chi connectivity index (χ0n) is 14.2. The molecule has 6 heteroatoms. The van der Waals surface area contributed by atoms with Gasteiger partial charge in [0.05, 0.1) is 37.6 Å². The summed E-state index contributed by atoms with van der Waals surface area (Å²) in [5.74, 6) is -0.527. The van der Waals surface area contributed by atoms with Gasteiger partial charge < -0.3 is 18.9 Å². The number of rotatable bonds is 13. The summed E-state index contributed by atoms with van der Waals surface area (Å²) < 4.78 is 21.7. The van der Waals surface area contributed by atoms with E-state index in [1.807, 2.05) is 20.8 Å². The number of unbranched alkanes of at least 4 members (excludes halogenated alkanes) is 1. The molecule has 0 saturated carbocycles. The Morgan fingerprint density at radius 3 is 2.09 bits per heavy atom. The minimum Gasteiger partial charge on any atom is -0.462 e. The number of hydrogen-bond acceptors (Lipinski definition) is 6. The molecule has 0 fully saturated rings. The third-order valence-electron chi connectivity index (χ3n) is 2.83. The first-order valence-corrected chi connectivity index (χ1v) is 7.86. The van der Waals surface area contributed by atoms with Crippen molar-refractivity contribution in [3.05, 3.63) is 0 Å². The number of hydrogen-bond donors (Lipinski definition) is 0. The molecule has 0 saturated heterocycles. The van der Waals surface area contributed by atoms with Gasteiger partial charge in [-0.25, -0.2) is 0 Å². The van der Waals surface area contributed by atoms with Gasteiger partial charge in [0.2, 0.25) is 0 Å². The Morgan fingerprint density at radius 2 is 1.55 bits per heavy atom. The fourth-order valence-electron chi connectivity index (χ4n) is 1.50. The van der Waals surface area contributed by atoms with Crippen LogP contribution in [0.2, 0.25) is 0 Å². The fourth-order valence-corrected chi connectivity index (χ4v) is 1.50. The lowest BCUT2D eigenvalue weighted by Crippen LogP contribution is -2.27. The quantitative estimate of drug-likeness (QED) is 0.384. The average molecular weight is 315 g/mol. The van der Waals surface area contributed by atoms with E-state index >= 15 is 0 Å². The number of carbonyl (C=O) groups is 1. The Hall–Kier alpha value is -1.16. The van der Waals surface area contributed by atoms with Crippen molar-refractivity contribution in [2.45, 2.75) is 65.3 Å². The summed E-state index contributed by atoms with van der Waals surface area (Å²) in [5, 5.41) is 8.34. The van der Waals surface area contributed by atoms with E-state index < -0.39 is 5.97 Å². The van der Waals surface area contributed by atoms with E-state index in [2.05, 4.69) is 6.92 Å². The molecule has 0 bridgehead atoms. The molecule has 0 aromatic heterocycles. The third-order valence-corrected chi connectivity index (χ3v) is 2.83. The number of ether oxygens (including phenoxy) is 4. The molecule has 0 spiro atoms. The molecule has 0 rings (SSSR count). The second-order valence-corrected chi connectivity index (χ2v) is 5.34. The molecule has 0 aliphatic rings. The van der Waals surface area contributed by atoms with E-state index in [0.29, 0.717) is 13.2 Å². The topological polar surface area (TPSA) is 77.8 Å². The first-order valence-electron chi connectivity index (χ1n) is 7.86. The summed E-state index contributed by atoms with van der Waals surface area (Å²) in [6, 6.07) is 1.74. The summed E-state index contributed by atoms with van der Waals surface area (Å²) >= 11 is 0. The van der Waals surface area contributed by atoms with Gasteiger partial charge >= 0.3 is 5.97 Å². The number of nitrogens with zero attached hydrogens (tertiary/aromatic N) is 1. The van der Waals surface area contributed by atoms with Gasteiger partial charge in [0, 0.05) is 6.61 Å². The molecular weight excluding hydrogens is 286 g/mol. The maximum Gasteiger partial charge on any atom is 0.320 e. The van der Waals surface area contributed by atoms with Crippen LogP contribution >= 0.6 is 0 Å². The van der Waals surface area contributed by atoms with Crippen LogP contribution in [-0.4, -0.2) is 50.7 Å². The van der Waals surface area contributed by atoms with Crippen LogP contribution in [0.25, 0.3) is 0 Å². The zero-order valence-corrected chi connectivity index (χ0v) is 14.2. The summed E-state index contributed by atoms with van der Waals surface area (Å²) in [6.07, 6.45) is 1.72. The minimum atomic E-state index is -0.527. The van der Waals surface area contributed by atoms with Gasteiger partial charge in [-0.1, -0.05) is 13.3 Å². The van der Waals surface area contributed by atoms with Crippen LogP contribution in [0.4, 0.5) is 0 Å². The molecule has 0 N–H and O–H groups in total. The smallest absolute Gasteiger partial charge is 0.320 e. The molecule has 0 heterocycles. The molecule has 0 radical (unpaired) electrons. The summed E-state index contributed by atoms with van der Waals surface area (Å²) in [6.45, 7) is 9.69. The molecule has 0 aromatic carbocycles. The van der Waals surface area contributed by atoms with Gasteiger partial charge in [0.25, 0.3) is 0 Å². The van der Waals surface area contributed by atoms with E-state index in [0.717, 1.165) is 19.4 Å². The van der Waals surface area contributed by atoms with E-state index in [-0.39, 0.29) is 31.3 Å². The number of nitriles is 1. The fraction of sp³-hybridized carbons (Fsp3) is 0.875. The van der Waals surface area contributed by atoms with Gasteiger partial charge in [-0.3, -0.25) is 4.79 Å². The molecule has 3 atom stereocenters. The summed E-state index contributed by atoms with van der Waals surface area (Å²) in [7, 11) is 0. The molecular formula is C16H29NO5. The Balaban J connectivity index is 3.64. The Morgan fingerprint density at radius 1 is 1.00 bits per heavy atom. The molecule has 0 aliphatic heterocycles. The van der Waals surface area contributed by atoms with Gasteiger partial charge in [0.1, 0.15) is 13.0 Å². The van der Waals surface area contributed by atoms with E-state index in [1.54, 1.807) is 6.07 Å². The Kier molecular flexibility index (Phi) is 12.8. The SMILES string of the molecule is CCCCOC(C)COC(C)COC(C)COC(=O)CC#N. The second kappa shape index (κ2) is 13.5. The van der Waals surface area contributed by atoms with Crippen molar-refractivity contribution in [2.24, 2.45) is 0 Å². The van der Waals surface area contributed by atoms with Crippen molar-refractivity contribution >= 4 is 5.97 Å². The van der Waals surface area contributed by atoms with Crippen LogP contribution in [-0.2, 0) is 23.7 Å².